The zero-order valence-corrected chi connectivity index (χ0v) is 8.79. The number of hydrogen-bond acceptors (Lipinski definition) is 2. The van der Waals surface area contributed by atoms with Crippen molar-refractivity contribution in [2.45, 2.75) is 20.8 Å². The van der Waals surface area contributed by atoms with Crippen molar-refractivity contribution < 1.29 is 9.84 Å². The van der Waals surface area contributed by atoms with E-state index < -0.39 is 0 Å². The molecule has 1 N–H and O–H groups in total. The van der Waals surface area contributed by atoms with Crippen molar-refractivity contribution in [3.05, 3.63) is 35.4 Å². The molecule has 0 heterocycles. The summed E-state index contributed by atoms with van der Waals surface area (Å²) >= 11 is 0. The lowest BCUT2D eigenvalue weighted by Crippen LogP contribution is -1.94. The molecule has 0 atom stereocenters. The van der Waals surface area contributed by atoms with E-state index in [4.69, 9.17) is 4.74 Å². The lowest BCUT2D eigenvalue weighted by Gasteiger charge is -2.05. The normalized spacial score (nSPS) is 9.64. The summed E-state index contributed by atoms with van der Waals surface area (Å²) in [7, 11) is 0. The molecule has 2 nitrogen and oxygen atoms in total. The van der Waals surface area contributed by atoms with Gasteiger partial charge < -0.3 is 9.84 Å². The van der Waals surface area contributed by atoms with Gasteiger partial charge in [0.05, 0.1) is 0 Å². The van der Waals surface area contributed by atoms with Crippen LogP contribution in [0, 0.1) is 13.0 Å². The third kappa shape index (κ3) is 3.52. The van der Waals surface area contributed by atoms with Gasteiger partial charge in [0.15, 0.2) is 0 Å². The van der Waals surface area contributed by atoms with Crippen LogP contribution in [0.15, 0.2) is 23.8 Å². The average molecular weight is 191 g/mol. The van der Waals surface area contributed by atoms with E-state index >= 15 is 0 Å². The van der Waals surface area contributed by atoms with Gasteiger partial charge in [-0.25, -0.2) is 0 Å². The SMILES string of the molecule is CC(C)=CCOc1cc(C)[c]c(O)c1. The molecule has 0 aromatic heterocycles. The molecule has 0 saturated heterocycles. The van der Waals surface area contributed by atoms with Crippen LogP contribution in [0.5, 0.6) is 11.5 Å². The first-order valence-corrected chi connectivity index (χ1v) is 4.57. The third-order valence-electron chi connectivity index (χ3n) is 1.70. The van der Waals surface area contributed by atoms with E-state index in [1.807, 2.05) is 32.9 Å². The van der Waals surface area contributed by atoms with Gasteiger partial charge in [0.25, 0.3) is 0 Å². The Balaban J connectivity index is 2.63. The highest BCUT2D eigenvalue weighted by molar-refractivity contribution is 5.35. The van der Waals surface area contributed by atoms with Gasteiger partial charge >= 0.3 is 0 Å². The lowest BCUT2D eigenvalue weighted by molar-refractivity contribution is 0.358. The molecule has 0 fully saturated rings. The summed E-state index contributed by atoms with van der Waals surface area (Å²) in [6.07, 6.45) is 1.99. The van der Waals surface area contributed by atoms with E-state index in [0.29, 0.717) is 12.4 Å². The molecule has 2 heteroatoms. The number of ether oxygens (including phenoxy) is 1. The quantitative estimate of drug-likeness (QED) is 0.744. The first-order chi connectivity index (χ1) is 6.58. The van der Waals surface area contributed by atoms with Crippen molar-refractivity contribution in [1.29, 1.82) is 0 Å². The lowest BCUT2D eigenvalue weighted by atomic mass is 10.2. The van der Waals surface area contributed by atoms with Crippen molar-refractivity contribution in [1.82, 2.24) is 0 Å². The van der Waals surface area contributed by atoms with Crippen LogP contribution in [-0.4, -0.2) is 11.7 Å². The summed E-state index contributed by atoms with van der Waals surface area (Å²) in [4.78, 5) is 0. The molecule has 0 amide bonds. The summed E-state index contributed by atoms with van der Waals surface area (Å²) in [6.45, 7) is 6.44. The minimum Gasteiger partial charge on any atom is -0.507 e. The zero-order valence-electron chi connectivity index (χ0n) is 8.79. The van der Waals surface area contributed by atoms with Gasteiger partial charge in [0.2, 0.25) is 0 Å². The van der Waals surface area contributed by atoms with Gasteiger partial charge in [-0.3, -0.25) is 0 Å². The molecule has 14 heavy (non-hydrogen) atoms. The van der Waals surface area contributed by atoms with Crippen LogP contribution in [-0.2, 0) is 0 Å². The number of aromatic hydroxyl groups is 1. The number of hydrogen-bond donors (Lipinski definition) is 1. The predicted octanol–water partition coefficient (Wildman–Crippen LogP) is 2.85. The van der Waals surface area contributed by atoms with E-state index in [-0.39, 0.29) is 5.75 Å². The number of benzene rings is 1. The Morgan fingerprint density at radius 3 is 2.79 bits per heavy atom. The number of aryl methyl sites for hydroxylation is 1. The largest absolute Gasteiger partial charge is 0.507 e. The molecule has 1 aromatic carbocycles. The van der Waals surface area contributed by atoms with E-state index in [2.05, 4.69) is 6.07 Å². The fourth-order valence-electron chi connectivity index (χ4n) is 1.05. The second-order valence-corrected chi connectivity index (χ2v) is 3.48. The Kier molecular flexibility index (Phi) is 3.57. The molecule has 0 saturated carbocycles. The number of allylic oxidation sites excluding steroid dienone is 1. The average Bonchev–Trinajstić information content (AvgIpc) is 2.01. The van der Waals surface area contributed by atoms with Gasteiger partial charge in [0, 0.05) is 12.1 Å². The topological polar surface area (TPSA) is 29.5 Å². The van der Waals surface area contributed by atoms with E-state index in [9.17, 15) is 5.11 Å². The van der Waals surface area contributed by atoms with Crippen molar-refractivity contribution in [2.75, 3.05) is 6.61 Å². The fourth-order valence-corrected chi connectivity index (χ4v) is 1.05. The summed E-state index contributed by atoms with van der Waals surface area (Å²) in [5, 5.41) is 9.25. The molecule has 1 aromatic rings. The molecule has 1 radical (unpaired) electrons. The first-order valence-electron chi connectivity index (χ1n) is 4.57. The first kappa shape index (κ1) is 10.6. The summed E-state index contributed by atoms with van der Waals surface area (Å²) in [5.41, 5.74) is 2.09. The molecular weight excluding hydrogens is 176 g/mol. The summed E-state index contributed by atoms with van der Waals surface area (Å²) in [5.74, 6) is 0.799. The van der Waals surface area contributed by atoms with E-state index in [0.717, 1.165) is 5.56 Å². The maximum absolute atomic E-state index is 9.25. The van der Waals surface area contributed by atoms with Crippen LogP contribution in [0.2, 0.25) is 0 Å². The second kappa shape index (κ2) is 4.70. The molecule has 75 valence electrons. The van der Waals surface area contributed by atoms with Gasteiger partial charge in [-0.15, -0.1) is 0 Å². The number of phenols is 1. The monoisotopic (exact) mass is 191 g/mol. The Morgan fingerprint density at radius 1 is 1.50 bits per heavy atom. The molecule has 0 aliphatic carbocycles. The van der Waals surface area contributed by atoms with Crippen LogP contribution < -0.4 is 4.74 Å². The van der Waals surface area contributed by atoms with Gasteiger partial charge in [-0.05, 0) is 38.5 Å². The van der Waals surface area contributed by atoms with E-state index in [1.54, 1.807) is 6.07 Å². The second-order valence-electron chi connectivity index (χ2n) is 3.48. The highest BCUT2D eigenvalue weighted by Crippen LogP contribution is 2.20. The van der Waals surface area contributed by atoms with Crippen molar-refractivity contribution in [3.8, 4) is 11.5 Å². The van der Waals surface area contributed by atoms with Crippen molar-refractivity contribution in [3.63, 3.8) is 0 Å². The minimum absolute atomic E-state index is 0.122. The number of phenolic OH excluding ortho intramolecular Hbond substituents is 1. The fraction of sp³-hybridized carbons (Fsp3) is 0.333. The Hall–Kier alpha value is -1.44. The van der Waals surface area contributed by atoms with Gasteiger partial charge in [-0.1, -0.05) is 5.57 Å². The molecular formula is C12H15O2. The van der Waals surface area contributed by atoms with Crippen LogP contribution >= 0.6 is 0 Å². The molecule has 0 unspecified atom stereocenters. The highest BCUT2D eigenvalue weighted by Gasteiger charge is 1.97. The molecule has 0 aliphatic rings. The smallest absolute Gasteiger partial charge is 0.127 e. The molecule has 0 bridgehead atoms. The highest BCUT2D eigenvalue weighted by atomic mass is 16.5. The molecule has 1 rings (SSSR count). The Bertz CT molecular complexity index is 316. The molecule has 0 aliphatic heterocycles. The zero-order chi connectivity index (χ0) is 10.6. The van der Waals surface area contributed by atoms with Crippen LogP contribution in [0.1, 0.15) is 19.4 Å². The number of rotatable bonds is 3. The maximum atomic E-state index is 9.25. The minimum atomic E-state index is 0.122. The standard InChI is InChI=1S/C12H15O2/c1-9(2)4-5-14-12-7-10(3)6-11(13)8-12/h4,7-8,13H,5H2,1-3H3. The van der Waals surface area contributed by atoms with Crippen LogP contribution in [0.25, 0.3) is 0 Å². The van der Waals surface area contributed by atoms with E-state index in [1.165, 1.54) is 5.57 Å². The maximum Gasteiger partial charge on any atom is 0.127 e. The summed E-state index contributed by atoms with van der Waals surface area (Å²) < 4.78 is 5.42. The third-order valence-corrected chi connectivity index (χ3v) is 1.70. The van der Waals surface area contributed by atoms with Gasteiger partial charge in [-0.2, -0.15) is 0 Å². The van der Waals surface area contributed by atoms with Crippen molar-refractivity contribution in [2.24, 2.45) is 0 Å². The van der Waals surface area contributed by atoms with Crippen LogP contribution in [0.4, 0.5) is 0 Å². The van der Waals surface area contributed by atoms with Crippen LogP contribution in [0.3, 0.4) is 0 Å². The Morgan fingerprint density at radius 2 is 2.21 bits per heavy atom. The van der Waals surface area contributed by atoms with Crippen molar-refractivity contribution >= 4 is 0 Å². The van der Waals surface area contributed by atoms with Gasteiger partial charge in [0.1, 0.15) is 18.1 Å². The summed E-state index contributed by atoms with van der Waals surface area (Å²) in [6, 6.07) is 6.18. The molecule has 0 spiro atoms. The Labute approximate surface area is 84.8 Å². The predicted molar refractivity (Wildman–Crippen MR) is 56.6 cm³/mol.